The van der Waals surface area contributed by atoms with Gasteiger partial charge in [-0.05, 0) is 39.0 Å². The minimum absolute atomic E-state index is 0.145. The molecule has 5 heteroatoms. The lowest BCUT2D eigenvalue weighted by molar-refractivity contribution is -0.149. The number of nitrogens with one attached hydrogen (secondary N) is 1. The van der Waals surface area contributed by atoms with Gasteiger partial charge in [0.05, 0.1) is 17.6 Å². The average molecular weight is 325 g/mol. The molecular weight excluding hydrogens is 294 g/mol. The average Bonchev–Trinajstić information content (AvgIpc) is 2.53. The van der Waals surface area contributed by atoms with Gasteiger partial charge in [-0.1, -0.05) is 39.0 Å². The summed E-state index contributed by atoms with van der Waals surface area (Å²) >= 11 is 0. The van der Waals surface area contributed by atoms with Crippen LogP contribution in [0.5, 0.6) is 0 Å². The monoisotopic (exact) mass is 325 g/mol. The SMILES string of the molecule is CCC(OC1CCCCC1)C(=O)NC1(C)CCCCC1C(=O)O. The van der Waals surface area contributed by atoms with E-state index in [0.29, 0.717) is 12.8 Å². The molecule has 2 N–H and O–H groups in total. The highest BCUT2D eigenvalue weighted by Crippen LogP contribution is 2.34. The molecule has 0 heterocycles. The fraction of sp³-hybridized carbons (Fsp3) is 0.889. The first-order valence-electron chi connectivity index (χ1n) is 9.16. The van der Waals surface area contributed by atoms with Crippen molar-refractivity contribution in [2.45, 2.75) is 95.8 Å². The van der Waals surface area contributed by atoms with Gasteiger partial charge in [-0.15, -0.1) is 0 Å². The van der Waals surface area contributed by atoms with E-state index in [1.807, 2.05) is 13.8 Å². The molecule has 0 aliphatic heterocycles. The summed E-state index contributed by atoms with van der Waals surface area (Å²) in [4.78, 5) is 24.2. The summed E-state index contributed by atoms with van der Waals surface area (Å²) in [6.45, 7) is 3.82. The van der Waals surface area contributed by atoms with E-state index in [1.165, 1.54) is 19.3 Å². The summed E-state index contributed by atoms with van der Waals surface area (Å²) in [5.41, 5.74) is -0.662. The van der Waals surface area contributed by atoms with E-state index in [9.17, 15) is 14.7 Å². The van der Waals surface area contributed by atoms with Crippen molar-refractivity contribution in [3.63, 3.8) is 0 Å². The number of amides is 1. The molecule has 0 radical (unpaired) electrons. The zero-order chi connectivity index (χ0) is 16.9. The molecular formula is C18H31NO4. The third-order valence-corrected chi connectivity index (χ3v) is 5.49. The predicted molar refractivity (Wildman–Crippen MR) is 88.2 cm³/mol. The zero-order valence-corrected chi connectivity index (χ0v) is 14.5. The van der Waals surface area contributed by atoms with Gasteiger partial charge in [0.1, 0.15) is 6.10 Å². The van der Waals surface area contributed by atoms with Gasteiger partial charge in [-0.25, -0.2) is 0 Å². The largest absolute Gasteiger partial charge is 0.481 e. The van der Waals surface area contributed by atoms with Crippen molar-refractivity contribution in [1.29, 1.82) is 0 Å². The van der Waals surface area contributed by atoms with Crippen molar-refractivity contribution in [2.24, 2.45) is 5.92 Å². The summed E-state index contributed by atoms with van der Waals surface area (Å²) in [6, 6.07) is 0. The molecule has 0 bridgehead atoms. The normalized spacial score (nSPS) is 30.6. The lowest BCUT2D eigenvalue weighted by atomic mass is 9.73. The molecule has 3 atom stereocenters. The predicted octanol–water partition coefficient (Wildman–Crippen LogP) is 3.26. The highest BCUT2D eigenvalue weighted by Gasteiger charge is 2.43. The van der Waals surface area contributed by atoms with Crippen LogP contribution in [0.15, 0.2) is 0 Å². The molecule has 2 rings (SSSR count). The van der Waals surface area contributed by atoms with Crippen molar-refractivity contribution in [1.82, 2.24) is 5.32 Å². The number of ether oxygens (including phenoxy) is 1. The van der Waals surface area contributed by atoms with Gasteiger partial charge in [0.2, 0.25) is 5.91 Å². The Morgan fingerprint density at radius 3 is 2.43 bits per heavy atom. The molecule has 0 saturated heterocycles. The standard InChI is InChI=1S/C18H31NO4/c1-3-15(23-13-9-5-4-6-10-13)16(20)19-18(2)12-8-7-11-14(18)17(21)22/h13-15H,3-12H2,1-2H3,(H,19,20)(H,21,22). The Morgan fingerprint density at radius 2 is 1.83 bits per heavy atom. The first-order chi connectivity index (χ1) is 11.0. The molecule has 3 unspecified atom stereocenters. The van der Waals surface area contributed by atoms with E-state index >= 15 is 0 Å². The van der Waals surface area contributed by atoms with Crippen molar-refractivity contribution in [3.8, 4) is 0 Å². The Balaban J connectivity index is 1.97. The van der Waals surface area contributed by atoms with Crippen LogP contribution in [0.2, 0.25) is 0 Å². The fourth-order valence-electron chi connectivity index (χ4n) is 4.02. The van der Waals surface area contributed by atoms with Crippen molar-refractivity contribution in [2.75, 3.05) is 0 Å². The lowest BCUT2D eigenvalue weighted by Gasteiger charge is -2.40. The number of aliphatic carboxylic acids is 1. The number of hydrogen-bond donors (Lipinski definition) is 2. The molecule has 2 fully saturated rings. The summed E-state index contributed by atoms with van der Waals surface area (Å²) in [7, 11) is 0. The molecule has 132 valence electrons. The molecule has 1 amide bonds. The van der Waals surface area contributed by atoms with E-state index in [1.54, 1.807) is 0 Å². The Labute approximate surface area is 139 Å². The highest BCUT2D eigenvalue weighted by molar-refractivity contribution is 5.83. The molecule has 2 saturated carbocycles. The third kappa shape index (κ3) is 4.69. The third-order valence-electron chi connectivity index (χ3n) is 5.49. The van der Waals surface area contributed by atoms with Gasteiger partial charge in [0.15, 0.2) is 0 Å². The van der Waals surface area contributed by atoms with E-state index < -0.39 is 23.5 Å². The maximum Gasteiger partial charge on any atom is 0.308 e. The van der Waals surface area contributed by atoms with E-state index in [4.69, 9.17) is 4.74 Å². The Hall–Kier alpha value is -1.10. The molecule has 2 aliphatic carbocycles. The van der Waals surface area contributed by atoms with Crippen molar-refractivity contribution < 1.29 is 19.4 Å². The van der Waals surface area contributed by atoms with Crippen LogP contribution in [0.1, 0.15) is 78.1 Å². The first-order valence-corrected chi connectivity index (χ1v) is 9.16. The second-order valence-corrected chi connectivity index (χ2v) is 7.34. The van der Waals surface area contributed by atoms with Gasteiger partial charge in [0, 0.05) is 0 Å². The lowest BCUT2D eigenvalue weighted by Crippen LogP contribution is -2.58. The second kappa shape index (κ2) is 8.13. The van der Waals surface area contributed by atoms with Gasteiger partial charge in [-0.3, -0.25) is 9.59 Å². The smallest absolute Gasteiger partial charge is 0.308 e. The van der Waals surface area contributed by atoms with Crippen molar-refractivity contribution in [3.05, 3.63) is 0 Å². The van der Waals surface area contributed by atoms with Crippen LogP contribution in [0.25, 0.3) is 0 Å². The highest BCUT2D eigenvalue weighted by atomic mass is 16.5. The van der Waals surface area contributed by atoms with Gasteiger partial charge < -0.3 is 15.2 Å². The minimum Gasteiger partial charge on any atom is -0.481 e. The first kappa shape index (κ1) is 18.2. The molecule has 5 nitrogen and oxygen atoms in total. The Kier molecular flexibility index (Phi) is 6.45. The maximum absolute atomic E-state index is 12.7. The van der Waals surface area contributed by atoms with Crippen LogP contribution in [0.3, 0.4) is 0 Å². The van der Waals surface area contributed by atoms with Crippen molar-refractivity contribution >= 4 is 11.9 Å². The maximum atomic E-state index is 12.7. The number of carboxylic acids is 1. The van der Waals surface area contributed by atoms with Crippen LogP contribution in [0.4, 0.5) is 0 Å². The fourth-order valence-corrected chi connectivity index (χ4v) is 4.02. The van der Waals surface area contributed by atoms with Crippen LogP contribution in [0, 0.1) is 5.92 Å². The van der Waals surface area contributed by atoms with Crippen LogP contribution < -0.4 is 5.32 Å². The van der Waals surface area contributed by atoms with E-state index in [-0.39, 0.29) is 12.0 Å². The molecule has 2 aliphatic rings. The Morgan fingerprint density at radius 1 is 1.17 bits per heavy atom. The summed E-state index contributed by atoms with van der Waals surface area (Å²) < 4.78 is 6.03. The van der Waals surface area contributed by atoms with E-state index in [2.05, 4.69) is 5.32 Å². The second-order valence-electron chi connectivity index (χ2n) is 7.34. The van der Waals surface area contributed by atoms with Gasteiger partial charge in [0.25, 0.3) is 0 Å². The topological polar surface area (TPSA) is 75.6 Å². The molecule has 0 aromatic heterocycles. The Bertz CT molecular complexity index is 419. The minimum atomic E-state index is -0.811. The summed E-state index contributed by atoms with van der Waals surface area (Å²) in [6.07, 6.45) is 9.19. The number of carboxylic acid groups (broad SMARTS) is 1. The number of carbonyl (C=O) groups excluding carboxylic acids is 1. The van der Waals surface area contributed by atoms with E-state index in [0.717, 1.165) is 32.1 Å². The number of hydrogen-bond acceptors (Lipinski definition) is 3. The van der Waals surface area contributed by atoms with Crippen LogP contribution in [-0.2, 0) is 14.3 Å². The quantitative estimate of drug-likeness (QED) is 0.786. The summed E-state index contributed by atoms with van der Waals surface area (Å²) in [5, 5.41) is 12.5. The molecule has 23 heavy (non-hydrogen) atoms. The zero-order valence-electron chi connectivity index (χ0n) is 14.5. The molecule has 0 aromatic rings. The number of rotatable bonds is 6. The molecule has 0 spiro atoms. The van der Waals surface area contributed by atoms with Gasteiger partial charge >= 0.3 is 5.97 Å². The van der Waals surface area contributed by atoms with Crippen LogP contribution >= 0.6 is 0 Å². The van der Waals surface area contributed by atoms with Gasteiger partial charge in [-0.2, -0.15) is 0 Å². The molecule has 0 aromatic carbocycles. The number of carbonyl (C=O) groups is 2. The summed E-state index contributed by atoms with van der Waals surface area (Å²) in [5.74, 6) is -1.46. The van der Waals surface area contributed by atoms with Crippen LogP contribution in [-0.4, -0.2) is 34.7 Å².